The Kier molecular flexibility index (Phi) is 5.02. The lowest BCUT2D eigenvalue weighted by molar-refractivity contribution is -0.123. The SMILES string of the molecule is O=C(NCCc1ccc(Cl)cc1)[C@@H]1CCCCN1. The van der Waals surface area contributed by atoms with E-state index in [-0.39, 0.29) is 11.9 Å². The van der Waals surface area contributed by atoms with Crippen LogP contribution in [0.1, 0.15) is 24.8 Å². The van der Waals surface area contributed by atoms with Crippen molar-refractivity contribution < 1.29 is 4.79 Å². The number of hydrogen-bond acceptors (Lipinski definition) is 2. The summed E-state index contributed by atoms with van der Waals surface area (Å²) in [5.74, 6) is 0.128. The van der Waals surface area contributed by atoms with Crippen LogP contribution in [0.25, 0.3) is 0 Å². The van der Waals surface area contributed by atoms with Gasteiger partial charge in [0.05, 0.1) is 6.04 Å². The molecule has 1 heterocycles. The summed E-state index contributed by atoms with van der Waals surface area (Å²) in [7, 11) is 0. The highest BCUT2D eigenvalue weighted by Crippen LogP contribution is 2.10. The molecule has 0 aliphatic carbocycles. The van der Waals surface area contributed by atoms with Crippen LogP contribution in [0, 0.1) is 0 Å². The Morgan fingerprint density at radius 1 is 1.33 bits per heavy atom. The van der Waals surface area contributed by atoms with Gasteiger partial charge in [-0.3, -0.25) is 4.79 Å². The van der Waals surface area contributed by atoms with E-state index >= 15 is 0 Å². The molecule has 0 spiro atoms. The molecule has 0 aromatic heterocycles. The summed E-state index contributed by atoms with van der Waals surface area (Å²) in [6.45, 7) is 1.63. The summed E-state index contributed by atoms with van der Waals surface area (Å²) in [5.41, 5.74) is 1.19. The van der Waals surface area contributed by atoms with Crippen molar-refractivity contribution in [3.63, 3.8) is 0 Å². The molecule has 1 aromatic carbocycles. The summed E-state index contributed by atoms with van der Waals surface area (Å²) >= 11 is 5.82. The van der Waals surface area contributed by atoms with Crippen molar-refractivity contribution in [2.45, 2.75) is 31.7 Å². The maximum Gasteiger partial charge on any atom is 0.237 e. The number of benzene rings is 1. The van der Waals surface area contributed by atoms with E-state index in [0.29, 0.717) is 6.54 Å². The molecule has 1 fully saturated rings. The van der Waals surface area contributed by atoms with Crippen molar-refractivity contribution in [2.75, 3.05) is 13.1 Å². The van der Waals surface area contributed by atoms with Crippen LogP contribution in [-0.2, 0) is 11.2 Å². The highest BCUT2D eigenvalue weighted by atomic mass is 35.5. The van der Waals surface area contributed by atoms with Crippen LogP contribution in [0.2, 0.25) is 5.02 Å². The largest absolute Gasteiger partial charge is 0.354 e. The van der Waals surface area contributed by atoms with E-state index in [4.69, 9.17) is 11.6 Å². The van der Waals surface area contributed by atoms with E-state index in [1.807, 2.05) is 24.3 Å². The molecule has 1 aliphatic heterocycles. The topological polar surface area (TPSA) is 41.1 Å². The van der Waals surface area contributed by atoms with Crippen LogP contribution in [0.5, 0.6) is 0 Å². The van der Waals surface area contributed by atoms with Crippen LogP contribution in [0.3, 0.4) is 0 Å². The first kappa shape index (κ1) is 13.4. The maximum absolute atomic E-state index is 11.8. The van der Waals surface area contributed by atoms with Crippen molar-refractivity contribution >= 4 is 17.5 Å². The summed E-state index contributed by atoms with van der Waals surface area (Å²) in [5, 5.41) is 6.97. The van der Waals surface area contributed by atoms with Gasteiger partial charge in [-0.25, -0.2) is 0 Å². The monoisotopic (exact) mass is 266 g/mol. The van der Waals surface area contributed by atoms with Gasteiger partial charge in [0.2, 0.25) is 5.91 Å². The molecule has 3 nitrogen and oxygen atoms in total. The predicted octanol–water partition coefficient (Wildman–Crippen LogP) is 2.14. The number of piperidine rings is 1. The third-order valence-electron chi connectivity index (χ3n) is 3.25. The van der Waals surface area contributed by atoms with Gasteiger partial charge in [-0.15, -0.1) is 0 Å². The van der Waals surface area contributed by atoms with E-state index < -0.39 is 0 Å². The Bertz CT molecular complexity index is 385. The molecule has 1 amide bonds. The second-order valence-electron chi connectivity index (χ2n) is 4.67. The van der Waals surface area contributed by atoms with Crippen LogP contribution in [-0.4, -0.2) is 25.0 Å². The van der Waals surface area contributed by atoms with E-state index in [0.717, 1.165) is 30.8 Å². The molecule has 18 heavy (non-hydrogen) atoms. The Labute approximate surface area is 113 Å². The fourth-order valence-corrected chi connectivity index (χ4v) is 2.31. The molecule has 4 heteroatoms. The Hall–Kier alpha value is -1.06. The van der Waals surface area contributed by atoms with Gasteiger partial charge in [0.1, 0.15) is 0 Å². The van der Waals surface area contributed by atoms with Crippen molar-refractivity contribution in [3.8, 4) is 0 Å². The predicted molar refractivity (Wildman–Crippen MR) is 73.8 cm³/mol. The normalized spacial score (nSPS) is 19.5. The number of nitrogens with one attached hydrogen (secondary N) is 2. The van der Waals surface area contributed by atoms with Crippen molar-refractivity contribution in [2.24, 2.45) is 0 Å². The van der Waals surface area contributed by atoms with Crippen molar-refractivity contribution in [1.82, 2.24) is 10.6 Å². The molecule has 1 atom stereocenters. The molecular weight excluding hydrogens is 248 g/mol. The maximum atomic E-state index is 11.8. The average Bonchev–Trinajstić information content (AvgIpc) is 2.42. The lowest BCUT2D eigenvalue weighted by atomic mass is 10.0. The van der Waals surface area contributed by atoms with Gasteiger partial charge in [-0.05, 0) is 43.5 Å². The molecule has 0 saturated carbocycles. The van der Waals surface area contributed by atoms with Crippen molar-refractivity contribution in [1.29, 1.82) is 0 Å². The average molecular weight is 267 g/mol. The smallest absolute Gasteiger partial charge is 0.237 e. The van der Waals surface area contributed by atoms with Gasteiger partial charge in [-0.1, -0.05) is 30.2 Å². The molecule has 0 radical (unpaired) electrons. The van der Waals surface area contributed by atoms with Gasteiger partial charge in [0.15, 0.2) is 0 Å². The Morgan fingerprint density at radius 3 is 2.78 bits per heavy atom. The second-order valence-corrected chi connectivity index (χ2v) is 5.11. The molecule has 2 rings (SSSR count). The minimum Gasteiger partial charge on any atom is -0.354 e. The second kappa shape index (κ2) is 6.76. The fourth-order valence-electron chi connectivity index (χ4n) is 2.18. The summed E-state index contributed by atoms with van der Waals surface area (Å²) in [6, 6.07) is 7.74. The number of rotatable bonds is 4. The number of halogens is 1. The van der Waals surface area contributed by atoms with Gasteiger partial charge in [0.25, 0.3) is 0 Å². The molecular formula is C14H19ClN2O. The third kappa shape index (κ3) is 4.00. The van der Waals surface area contributed by atoms with E-state index in [2.05, 4.69) is 10.6 Å². The minimum atomic E-state index is 0.00367. The first-order valence-corrected chi connectivity index (χ1v) is 6.89. The van der Waals surface area contributed by atoms with Gasteiger partial charge >= 0.3 is 0 Å². The third-order valence-corrected chi connectivity index (χ3v) is 3.50. The molecule has 2 N–H and O–H groups in total. The van der Waals surface area contributed by atoms with Gasteiger partial charge in [-0.2, -0.15) is 0 Å². The minimum absolute atomic E-state index is 0.00367. The molecule has 1 aromatic rings. The molecule has 1 saturated heterocycles. The highest BCUT2D eigenvalue weighted by Gasteiger charge is 2.19. The molecule has 1 aliphatic rings. The van der Waals surface area contributed by atoms with Crippen LogP contribution >= 0.6 is 11.6 Å². The summed E-state index contributed by atoms with van der Waals surface area (Å²) in [4.78, 5) is 11.8. The fraction of sp³-hybridized carbons (Fsp3) is 0.500. The van der Waals surface area contributed by atoms with Gasteiger partial charge in [0, 0.05) is 11.6 Å². The summed E-state index contributed by atoms with van der Waals surface area (Å²) in [6.07, 6.45) is 4.11. The number of amides is 1. The first-order valence-electron chi connectivity index (χ1n) is 6.51. The Balaban J connectivity index is 1.71. The zero-order valence-corrected chi connectivity index (χ0v) is 11.2. The number of hydrogen-bond donors (Lipinski definition) is 2. The zero-order valence-electron chi connectivity index (χ0n) is 10.4. The van der Waals surface area contributed by atoms with Crippen LogP contribution in [0.15, 0.2) is 24.3 Å². The van der Waals surface area contributed by atoms with Crippen molar-refractivity contribution in [3.05, 3.63) is 34.9 Å². The van der Waals surface area contributed by atoms with Crippen LogP contribution < -0.4 is 10.6 Å². The zero-order chi connectivity index (χ0) is 12.8. The lowest BCUT2D eigenvalue weighted by Gasteiger charge is -2.22. The van der Waals surface area contributed by atoms with E-state index in [1.54, 1.807) is 0 Å². The first-order chi connectivity index (χ1) is 8.75. The molecule has 0 bridgehead atoms. The highest BCUT2D eigenvalue weighted by molar-refractivity contribution is 6.30. The van der Waals surface area contributed by atoms with E-state index in [1.165, 1.54) is 12.0 Å². The number of carbonyl (C=O) groups excluding carboxylic acids is 1. The molecule has 98 valence electrons. The molecule has 0 unspecified atom stereocenters. The Morgan fingerprint density at radius 2 is 2.11 bits per heavy atom. The number of carbonyl (C=O) groups is 1. The quantitative estimate of drug-likeness (QED) is 0.877. The lowest BCUT2D eigenvalue weighted by Crippen LogP contribution is -2.47. The van der Waals surface area contributed by atoms with Gasteiger partial charge < -0.3 is 10.6 Å². The standard InChI is InChI=1S/C14H19ClN2O/c15-12-6-4-11(5-7-12)8-10-17-14(18)13-3-1-2-9-16-13/h4-7,13,16H,1-3,8-10H2,(H,17,18)/t13-/m0/s1. The summed E-state index contributed by atoms with van der Waals surface area (Å²) < 4.78 is 0. The van der Waals surface area contributed by atoms with Crippen LogP contribution in [0.4, 0.5) is 0 Å². The van der Waals surface area contributed by atoms with E-state index in [9.17, 15) is 4.79 Å².